The van der Waals surface area contributed by atoms with Crippen LogP contribution in [0.1, 0.15) is 48.5 Å². The van der Waals surface area contributed by atoms with E-state index >= 15 is 0 Å². The lowest BCUT2D eigenvalue weighted by Gasteiger charge is -2.23. The van der Waals surface area contributed by atoms with Crippen LogP contribution in [0.25, 0.3) is 22.2 Å². The van der Waals surface area contributed by atoms with Crippen LogP contribution < -0.4 is 15.4 Å². The van der Waals surface area contributed by atoms with Crippen molar-refractivity contribution in [1.82, 2.24) is 25.3 Å². The average Bonchev–Trinajstić information content (AvgIpc) is 3.34. The molecule has 0 bridgehead atoms. The second-order valence-corrected chi connectivity index (χ2v) is 9.10. The monoisotopic (exact) mass is 486 g/mol. The standard InChI is InChI=1S/C27H30N6O3/c1-16(2)20-14-18(25(34)28-3)4-5-22(20)31-27-32-24-23(21(15-30-24)17-6-10-29-11-7-17)26(33-27)36-19-8-12-35-13-9-19/h4-7,10-11,14-16,19H,8-9,12-13H2,1-3H3,(H,28,34)(H2,30,31,32,33). The largest absolute Gasteiger partial charge is 0.474 e. The van der Waals surface area contributed by atoms with Crippen LogP contribution in [0.5, 0.6) is 5.88 Å². The van der Waals surface area contributed by atoms with E-state index in [0.29, 0.717) is 36.3 Å². The molecule has 1 fully saturated rings. The number of hydrogen-bond donors (Lipinski definition) is 3. The number of aromatic amines is 1. The van der Waals surface area contributed by atoms with Crippen molar-refractivity contribution in [2.75, 3.05) is 25.6 Å². The molecule has 0 saturated carbocycles. The summed E-state index contributed by atoms with van der Waals surface area (Å²) in [5, 5.41) is 6.88. The second kappa shape index (κ2) is 10.3. The number of nitrogens with one attached hydrogen (secondary N) is 3. The zero-order valence-corrected chi connectivity index (χ0v) is 20.7. The van der Waals surface area contributed by atoms with Crippen molar-refractivity contribution in [3.8, 4) is 17.0 Å². The van der Waals surface area contributed by atoms with Crippen molar-refractivity contribution in [3.05, 3.63) is 60.0 Å². The normalized spacial score (nSPS) is 14.2. The van der Waals surface area contributed by atoms with E-state index in [0.717, 1.165) is 40.6 Å². The predicted molar refractivity (Wildman–Crippen MR) is 139 cm³/mol. The highest BCUT2D eigenvalue weighted by molar-refractivity contribution is 5.98. The predicted octanol–water partition coefficient (Wildman–Crippen LogP) is 4.80. The number of H-pyrrole nitrogens is 1. The van der Waals surface area contributed by atoms with Crippen LogP contribution in [0.2, 0.25) is 0 Å². The molecule has 1 amide bonds. The number of hydrogen-bond acceptors (Lipinski definition) is 7. The fraction of sp³-hybridized carbons (Fsp3) is 0.333. The minimum absolute atomic E-state index is 0.0166. The number of aromatic nitrogens is 4. The van der Waals surface area contributed by atoms with Gasteiger partial charge in [0.25, 0.3) is 5.91 Å². The van der Waals surface area contributed by atoms with Gasteiger partial charge in [0, 0.05) is 55.3 Å². The third-order valence-corrected chi connectivity index (χ3v) is 6.35. The number of rotatable bonds is 7. The third kappa shape index (κ3) is 4.87. The Hall–Kier alpha value is -3.98. The number of nitrogens with zero attached hydrogens (tertiary/aromatic N) is 3. The van der Waals surface area contributed by atoms with Gasteiger partial charge in [-0.3, -0.25) is 9.78 Å². The molecule has 3 N–H and O–H groups in total. The van der Waals surface area contributed by atoms with Gasteiger partial charge in [-0.15, -0.1) is 0 Å². The highest BCUT2D eigenvalue weighted by Gasteiger charge is 2.22. The molecule has 1 aliphatic rings. The summed E-state index contributed by atoms with van der Waals surface area (Å²) in [4.78, 5) is 29.2. The van der Waals surface area contributed by atoms with Crippen LogP contribution in [-0.4, -0.2) is 52.2 Å². The Morgan fingerprint density at radius 3 is 2.64 bits per heavy atom. The molecule has 0 aliphatic carbocycles. The fourth-order valence-corrected chi connectivity index (χ4v) is 4.41. The van der Waals surface area contributed by atoms with Gasteiger partial charge in [0.05, 0.1) is 18.6 Å². The molecule has 186 valence electrons. The van der Waals surface area contributed by atoms with Gasteiger partial charge in [0.15, 0.2) is 0 Å². The molecular weight excluding hydrogens is 456 g/mol. The molecular formula is C27H30N6O3. The Morgan fingerprint density at radius 1 is 1.14 bits per heavy atom. The molecule has 0 unspecified atom stereocenters. The summed E-state index contributed by atoms with van der Waals surface area (Å²) in [5.41, 5.74) is 5.08. The van der Waals surface area contributed by atoms with E-state index in [1.165, 1.54) is 0 Å². The van der Waals surface area contributed by atoms with Crippen molar-refractivity contribution in [1.29, 1.82) is 0 Å². The summed E-state index contributed by atoms with van der Waals surface area (Å²) in [6, 6.07) is 9.50. The lowest BCUT2D eigenvalue weighted by atomic mass is 9.98. The number of anilines is 2. The first-order valence-electron chi connectivity index (χ1n) is 12.2. The maximum atomic E-state index is 12.2. The van der Waals surface area contributed by atoms with Crippen LogP contribution in [-0.2, 0) is 4.74 Å². The van der Waals surface area contributed by atoms with Crippen LogP contribution >= 0.6 is 0 Å². The highest BCUT2D eigenvalue weighted by atomic mass is 16.5. The summed E-state index contributed by atoms with van der Waals surface area (Å²) >= 11 is 0. The van der Waals surface area contributed by atoms with Crippen LogP contribution in [0.4, 0.5) is 11.6 Å². The molecule has 5 rings (SSSR count). The molecule has 9 heteroatoms. The van der Waals surface area contributed by atoms with E-state index in [4.69, 9.17) is 19.4 Å². The molecule has 4 heterocycles. The van der Waals surface area contributed by atoms with Gasteiger partial charge in [0.2, 0.25) is 11.8 Å². The van der Waals surface area contributed by atoms with Gasteiger partial charge >= 0.3 is 0 Å². The maximum absolute atomic E-state index is 12.2. The first-order chi connectivity index (χ1) is 17.5. The smallest absolute Gasteiger partial charge is 0.251 e. The van der Waals surface area contributed by atoms with Gasteiger partial charge in [0.1, 0.15) is 11.8 Å². The first kappa shape index (κ1) is 23.7. The molecule has 4 aromatic rings. The summed E-state index contributed by atoms with van der Waals surface area (Å²) in [6.45, 7) is 5.52. The van der Waals surface area contributed by atoms with Gasteiger partial charge in [-0.1, -0.05) is 13.8 Å². The molecule has 1 saturated heterocycles. The number of carbonyl (C=O) groups is 1. The van der Waals surface area contributed by atoms with Gasteiger partial charge in [-0.25, -0.2) is 0 Å². The first-order valence-corrected chi connectivity index (χ1v) is 12.2. The Bertz CT molecular complexity index is 1360. The zero-order chi connectivity index (χ0) is 25.1. The van der Waals surface area contributed by atoms with Crippen LogP contribution in [0.15, 0.2) is 48.9 Å². The van der Waals surface area contributed by atoms with E-state index in [-0.39, 0.29) is 17.9 Å². The molecule has 0 spiro atoms. The minimum atomic E-state index is -0.122. The van der Waals surface area contributed by atoms with Crippen molar-refractivity contribution in [3.63, 3.8) is 0 Å². The van der Waals surface area contributed by atoms with E-state index in [9.17, 15) is 4.79 Å². The Labute approximate surface area is 209 Å². The van der Waals surface area contributed by atoms with Crippen molar-refractivity contribution >= 4 is 28.6 Å². The molecule has 1 aromatic carbocycles. The minimum Gasteiger partial charge on any atom is -0.474 e. The number of pyridine rings is 1. The highest BCUT2D eigenvalue weighted by Crippen LogP contribution is 2.36. The number of fused-ring (bicyclic) bond motifs is 1. The van der Waals surface area contributed by atoms with Crippen LogP contribution in [0, 0.1) is 0 Å². The van der Waals surface area contributed by atoms with E-state index < -0.39 is 0 Å². The quantitative estimate of drug-likeness (QED) is 0.344. The molecule has 36 heavy (non-hydrogen) atoms. The van der Waals surface area contributed by atoms with Crippen molar-refractivity contribution in [2.24, 2.45) is 0 Å². The Kier molecular flexibility index (Phi) is 6.81. The molecule has 3 aromatic heterocycles. The zero-order valence-electron chi connectivity index (χ0n) is 20.7. The molecule has 0 radical (unpaired) electrons. The van der Waals surface area contributed by atoms with Gasteiger partial charge in [-0.2, -0.15) is 9.97 Å². The summed E-state index contributed by atoms with van der Waals surface area (Å²) in [6.07, 6.45) is 7.08. The lowest BCUT2D eigenvalue weighted by molar-refractivity contribution is 0.0244. The SMILES string of the molecule is CNC(=O)c1ccc(Nc2nc(OC3CCOCC3)c3c(-c4ccncc4)c[nH]c3n2)c(C(C)C)c1. The molecule has 9 nitrogen and oxygen atoms in total. The van der Waals surface area contributed by atoms with Crippen LogP contribution in [0.3, 0.4) is 0 Å². The number of ether oxygens (including phenoxy) is 2. The van der Waals surface area contributed by atoms with E-state index in [2.05, 4.69) is 34.4 Å². The Balaban J connectivity index is 1.56. The summed E-state index contributed by atoms with van der Waals surface area (Å²) in [7, 11) is 1.63. The molecule has 1 aliphatic heterocycles. The van der Waals surface area contributed by atoms with E-state index in [1.54, 1.807) is 25.5 Å². The van der Waals surface area contributed by atoms with Gasteiger partial charge in [-0.05, 0) is 47.4 Å². The average molecular weight is 487 g/mol. The summed E-state index contributed by atoms with van der Waals surface area (Å²) < 4.78 is 12.0. The lowest BCUT2D eigenvalue weighted by Crippen LogP contribution is -2.26. The number of carbonyl (C=O) groups excluding carboxylic acids is 1. The number of amides is 1. The topological polar surface area (TPSA) is 114 Å². The summed E-state index contributed by atoms with van der Waals surface area (Å²) in [5.74, 6) is 1.00. The van der Waals surface area contributed by atoms with Crippen molar-refractivity contribution in [2.45, 2.75) is 38.7 Å². The van der Waals surface area contributed by atoms with E-state index in [1.807, 2.05) is 30.5 Å². The third-order valence-electron chi connectivity index (χ3n) is 6.35. The number of benzene rings is 1. The maximum Gasteiger partial charge on any atom is 0.251 e. The fourth-order valence-electron chi connectivity index (χ4n) is 4.41. The molecule has 0 atom stereocenters. The van der Waals surface area contributed by atoms with Gasteiger partial charge < -0.3 is 25.1 Å². The Morgan fingerprint density at radius 2 is 1.92 bits per heavy atom. The second-order valence-electron chi connectivity index (χ2n) is 9.10. The van der Waals surface area contributed by atoms with Crippen molar-refractivity contribution < 1.29 is 14.3 Å².